The van der Waals surface area contributed by atoms with Crippen molar-refractivity contribution in [3.8, 4) is 0 Å². The number of amides is 2. The van der Waals surface area contributed by atoms with E-state index in [-0.39, 0.29) is 6.03 Å². The van der Waals surface area contributed by atoms with Crippen LogP contribution in [0.15, 0.2) is 36.5 Å². The Morgan fingerprint density at radius 1 is 1.08 bits per heavy atom. The fourth-order valence-electron chi connectivity index (χ4n) is 3.23. The summed E-state index contributed by atoms with van der Waals surface area (Å²) in [5.74, 6) is 0.755. The molecule has 132 valence electrons. The molecule has 1 saturated carbocycles. The van der Waals surface area contributed by atoms with Gasteiger partial charge >= 0.3 is 6.03 Å². The fourth-order valence-corrected chi connectivity index (χ4v) is 3.23. The van der Waals surface area contributed by atoms with E-state index in [0.717, 1.165) is 24.3 Å². The molecule has 5 heteroatoms. The van der Waals surface area contributed by atoms with Crippen LogP contribution in [0.25, 0.3) is 0 Å². The monoisotopic (exact) mass is 338 g/mol. The number of anilines is 3. The highest BCUT2D eigenvalue weighted by Crippen LogP contribution is 2.21. The first-order valence-corrected chi connectivity index (χ1v) is 8.98. The molecule has 0 radical (unpaired) electrons. The van der Waals surface area contributed by atoms with E-state index in [1.807, 2.05) is 12.1 Å². The van der Waals surface area contributed by atoms with Crippen LogP contribution in [-0.2, 0) is 0 Å². The average Bonchev–Trinajstić information content (AvgIpc) is 2.60. The second-order valence-corrected chi connectivity index (χ2v) is 6.81. The third kappa shape index (κ3) is 4.95. The molecule has 0 unspecified atom stereocenters. The zero-order valence-electron chi connectivity index (χ0n) is 14.9. The van der Waals surface area contributed by atoms with Crippen molar-refractivity contribution in [2.45, 2.75) is 52.0 Å². The summed E-state index contributed by atoms with van der Waals surface area (Å²) in [7, 11) is 0. The molecule has 1 heterocycles. The number of carbonyl (C=O) groups is 1. The van der Waals surface area contributed by atoms with Gasteiger partial charge in [-0.15, -0.1) is 0 Å². The van der Waals surface area contributed by atoms with Gasteiger partial charge in [0, 0.05) is 11.7 Å². The second kappa shape index (κ2) is 8.01. The molecule has 0 aliphatic heterocycles. The van der Waals surface area contributed by atoms with E-state index in [2.05, 4.69) is 53.0 Å². The van der Waals surface area contributed by atoms with E-state index in [4.69, 9.17) is 0 Å². The standard InChI is InChI=1S/C20H26N4O/c1-14-8-10-18(15(2)12-14)24-19-11-9-17(13-21-19)23-20(25)22-16-6-4-3-5-7-16/h8-13,16H,3-7H2,1-2H3,(H,21,24)(H2,22,23,25). The summed E-state index contributed by atoms with van der Waals surface area (Å²) in [6, 6.07) is 10.1. The summed E-state index contributed by atoms with van der Waals surface area (Å²) in [4.78, 5) is 16.5. The Kier molecular flexibility index (Phi) is 5.53. The van der Waals surface area contributed by atoms with Crippen molar-refractivity contribution < 1.29 is 4.79 Å². The number of rotatable bonds is 4. The summed E-state index contributed by atoms with van der Waals surface area (Å²) in [5.41, 5.74) is 4.14. The molecule has 1 aromatic heterocycles. The lowest BCUT2D eigenvalue weighted by molar-refractivity contribution is 0.244. The van der Waals surface area contributed by atoms with Gasteiger partial charge in [-0.2, -0.15) is 0 Å². The van der Waals surface area contributed by atoms with Crippen LogP contribution >= 0.6 is 0 Å². The number of benzene rings is 1. The van der Waals surface area contributed by atoms with Gasteiger partial charge in [0.15, 0.2) is 0 Å². The van der Waals surface area contributed by atoms with Crippen LogP contribution in [0, 0.1) is 13.8 Å². The number of hydrogen-bond donors (Lipinski definition) is 3. The number of aryl methyl sites for hydroxylation is 2. The van der Waals surface area contributed by atoms with Crippen LogP contribution in [0.2, 0.25) is 0 Å². The van der Waals surface area contributed by atoms with E-state index in [1.54, 1.807) is 6.20 Å². The van der Waals surface area contributed by atoms with Gasteiger partial charge in [0.05, 0.1) is 11.9 Å². The predicted octanol–water partition coefficient (Wildman–Crippen LogP) is 4.90. The third-order valence-electron chi connectivity index (χ3n) is 4.61. The van der Waals surface area contributed by atoms with Crippen LogP contribution in [0.4, 0.5) is 22.0 Å². The first-order chi connectivity index (χ1) is 12.1. The van der Waals surface area contributed by atoms with Crippen LogP contribution in [0.3, 0.4) is 0 Å². The van der Waals surface area contributed by atoms with E-state index in [1.165, 1.54) is 30.4 Å². The SMILES string of the molecule is Cc1ccc(Nc2ccc(NC(=O)NC3CCCCC3)cn2)c(C)c1. The second-order valence-electron chi connectivity index (χ2n) is 6.81. The van der Waals surface area contributed by atoms with Crippen molar-refractivity contribution in [3.05, 3.63) is 47.7 Å². The molecular formula is C20H26N4O. The predicted molar refractivity (Wildman–Crippen MR) is 102 cm³/mol. The Bertz CT molecular complexity index is 721. The Morgan fingerprint density at radius 2 is 1.88 bits per heavy atom. The smallest absolute Gasteiger partial charge is 0.319 e. The molecular weight excluding hydrogens is 312 g/mol. The normalized spacial score (nSPS) is 14.8. The Labute approximate surface area is 149 Å². The molecule has 1 fully saturated rings. The molecule has 2 aromatic rings. The lowest BCUT2D eigenvalue weighted by Gasteiger charge is -2.22. The van der Waals surface area contributed by atoms with E-state index in [0.29, 0.717) is 11.7 Å². The molecule has 1 aliphatic rings. The largest absolute Gasteiger partial charge is 0.340 e. The molecule has 25 heavy (non-hydrogen) atoms. The number of pyridine rings is 1. The molecule has 0 saturated heterocycles. The van der Waals surface area contributed by atoms with E-state index in [9.17, 15) is 4.79 Å². The van der Waals surface area contributed by atoms with Crippen molar-refractivity contribution >= 4 is 23.2 Å². The quantitative estimate of drug-likeness (QED) is 0.743. The van der Waals surface area contributed by atoms with Gasteiger partial charge in [-0.3, -0.25) is 0 Å². The van der Waals surface area contributed by atoms with Crippen molar-refractivity contribution in [1.82, 2.24) is 10.3 Å². The van der Waals surface area contributed by atoms with E-state index < -0.39 is 0 Å². The molecule has 1 aromatic carbocycles. The van der Waals surface area contributed by atoms with Gasteiger partial charge in [0.25, 0.3) is 0 Å². The van der Waals surface area contributed by atoms with Gasteiger partial charge in [-0.25, -0.2) is 9.78 Å². The summed E-state index contributed by atoms with van der Waals surface area (Å²) in [6.07, 6.45) is 7.50. The lowest BCUT2D eigenvalue weighted by atomic mass is 9.96. The first-order valence-electron chi connectivity index (χ1n) is 8.98. The number of nitrogens with one attached hydrogen (secondary N) is 3. The van der Waals surface area contributed by atoms with Crippen LogP contribution in [0.1, 0.15) is 43.2 Å². The van der Waals surface area contributed by atoms with Crippen LogP contribution in [0.5, 0.6) is 0 Å². The van der Waals surface area contributed by atoms with Crippen LogP contribution < -0.4 is 16.0 Å². The third-order valence-corrected chi connectivity index (χ3v) is 4.61. The first kappa shape index (κ1) is 17.3. The summed E-state index contributed by atoms with van der Waals surface area (Å²) in [5, 5.41) is 9.21. The molecule has 5 nitrogen and oxygen atoms in total. The fraction of sp³-hybridized carbons (Fsp3) is 0.400. The topological polar surface area (TPSA) is 66.0 Å². The van der Waals surface area contributed by atoms with Crippen molar-refractivity contribution in [2.75, 3.05) is 10.6 Å². The minimum Gasteiger partial charge on any atom is -0.340 e. The Balaban J connectivity index is 1.55. The number of urea groups is 1. The van der Waals surface area contributed by atoms with E-state index >= 15 is 0 Å². The minimum absolute atomic E-state index is 0.149. The number of aromatic nitrogens is 1. The maximum Gasteiger partial charge on any atom is 0.319 e. The highest BCUT2D eigenvalue weighted by Gasteiger charge is 2.15. The minimum atomic E-state index is -0.149. The summed E-state index contributed by atoms with van der Waals surface area (Å²) in [6.45, 7) is 4.15. The molecule has 0 bridgehead atoms. The molecule has 1 aliphatic carbocycles. The van der Waals surface area contributed by atoms with Crippen molar-refractivity contribution in [2.24, 2.45) is 0 Å². The Hall–Kier alpha value is -2.56. The van der Waals surface area contributed by atoms with Gasteiger partial charge in [0.1, 0.15) is 5.82 Å². The highest BCUT2D eigenvalue weighted by molar-refractivity contribution is 5.89. The van der Waals surface area contributed by atoms with Gasteiger partial charge in [-0.05, 0) is 50.5 Å². The zero-order valence-corrected chi connectivity index (χ0v) is 14.9. The molecule has 0 spiro atoms. The highest BCUT2D eigenvalue weighted by atomic mass is 16.2. The summed E-state index contributed by atoms with van der Waals surface area (Å²) < 4.78 is 0. The maximum absolute atomic E-state index is 12.1. The molecule has 2 amide bonds. The molecule has 0 atom stereocenters. The van der Waals surface area contributed by atoms with Gasteiger partial charge in [0.2, 0.25) is 0 Å². The van der Waals surface area contributed by atoms with Gasteiger partial charge < -0.3 is 16.0 Å². The molecule has 3 rings (SSSR count). The molecule has 3 N–H and O–H groups in total. The van der Waals surface area contributed by atoms with Crippen molar-refractivity contribution in [3.63, 3.8) is 0 Å². The van der Waals surface area contributed by atoms with Gasteiger partial charge in [-0.1, -0.05) is 37.0 Å². The number of hydrogen-bond acceptors (Lipinski definition) is 3. The van der Waals surface area contributed by atoms with Crippen LogP contribution in [-0.4, -0.2) is 17.1 Å². The van der Waals surface area contributed by atoms with Crippen molar-refractivity contribution in [1.29, 1.82) is 0 Å². The summed E-state index contributed by atoms with van der Waals surface area (Å²) >= 11 is 0. The maximum atomic E-state index is 12.1. The number of nitrogens with zero attached hydrogens (tertiary/aromatic N) is 1. The average molecular weight is 338 g/mol. The lowest BCUT2D eigenvalue weighted by Crippen LogP contribution is -2.39. The zero-order chi connectivity index (χ0) is 17.6. The number of carbonyl (C=O) groups excluding carboxylic acids is 1. The Morgan fingerprint density at radius 3 is 2.56 bits per heavy atom.